The first-order valence-electron chi connectivity index (χ1n) is 5.66. The average Bonchev–Trinajstić information content (AvgIpc) is 3.09. The number of nitrogens with zero attached hydrogens (tertiary/aromatic N) is 2. The van der Waals surface area contributed by atoms with Crippen LogP contribution in [0.2, 0.25) is 0 Å². The van der Waals surface area contributed by atoms with Crippen LogP contribution in [-0.4, -0.2) is 10.2 Å². The van der Waals surface area contributed by atoms with E-state index in [-0.39, 0.29) is 6.61 Å². The largest absolute Gasteiger partial charge is 0.482 e. The van der Waals surface area contributed by atoms with Crippen molar-refractivity contribution in [1.29, 1.82) is 0 Å². The molecule has 6 heteroatoms. The number of hydrogen-bond acceptors (Lipinski definition) is 6. The SMILES string of the molecule is Nc1ccccc1OCc1nnc(-c2ccco2)o1. The molecule has 0 radical (unpaired) electrons. The molecule has 0 bridgehead atoms. The number of anilines is 1. The van der Waals surface area contributed by atoms with Gasteiger partial charge in [-0.15, -0.1) is 10.2 Å². The summed E-state index contributed by atoms with van der Waals surface area (Å²) in [5.74, 6) is 1.79. The lowest BCUT2D eigenvalue weighted by atomic mass is 10.3. The van der Waals surface area contributed by atoms with Gasteiger partial charge in [0.25, 0.3) is 11.8 Å². The second-order valence-electron chi connectivity index (χ2n) is 3.80. The van der Waals surface area contributed by atoms with Crippen LogP contribution in [0.25, 0.3) is 11.7 Å². The Hall–Kier alpha value is -2.76. The highest BCUT2D eigenvalue weighted by Gasteiger charge is 2.11. The zero-order valence-corrected chi connectivity index (χ0v) is 9.95. The van der Waals surface area contributed by atoms with Crippen molar-refractivity contribution in [2.75, 3.05) is 5.73 Å². The van der Waals surface area contributed by atoms with Crippen LogP contribution in [0, 0.1) is 0 Å². The Morgan fingerprint density at radius 2 is 2.00 bits per heavy atom. The Labute approximate surface area is 108 Å². The van der Waals surface area contributed by atoms with Crippen LogP contribution in [0.1, 0.15) is 5.89 Å². The third-order valence-electron chi connectivity index (χ3n) is 2.47. The van der Waals surface area contributed by atoms with Crippen LogP contribution in [-0.2, 0) is 6.61 Å². The number of nitrogen functional groups attached to an aromatic ring is 1. The zero-order valence-electron chi connectivity index (χ0n) is 9.95. The minimum atomic E-state index is 0.155. The summed E-state index contributed by atoms with van der Waals surface area (Å²) in [6.07, 6.45) is 1.54. The molecule has 0 spiro atoms. The lowest BCUT2D eigenvalue weighted by Crippen LogP contribution is -1.98. The summed E-state index contributed by atoms with van der Waals surface area (Å²) in [6.45, 7) is 0.155. The summed E-state index contributed by atoms with van der Waals surface area (Å²) in [7, 11) is 0. The van der Waals surface area contributed by atoms with Crippen molar-refractivity contribution in [3.8, 4) is 17.4 Å². The van der Waals surface area contributed by atoms with Crippen molar-refractivity contribution in [2.45, 2.75) is 6.61 Å². The molecular formula is C13H11N3O3. The Morgan fingerprint density at radius 1 is 1.11 bits per heavy atom. The summed E-state index contributed by atoms with van der Waals surface area (Å²) in [5.41, 5.74) is 6.32. The maximum absolute atomic E-state index is 5.76. The van der Waals surface area contributed by atoms with Crippen LogP contribution in [0.4, 0.5) is 5.69 Å². The number of hydrogen-bond donors (Lipinski definition) is 1. The van der Waals surface area contributed by atoms with E-state index in [4.69, 9.17) is 19.3 Å². The first kappa shape index (κ1) is 11.3. The van der Waals surface area contributed by atoms with Gasteiger partial charge in [-0.3, -0.25) is 0 Å². The first-order valence-corrected chi connectivity index (χ1v) is 5.66. The van der Waals surface area contributed by atoms with Gasteiger partial charge in [-0.25, -0.2) is 0 Å². The molecule has 0 unspecified atom stereocenters. The lowest BCUT2D eigenvalue weighted by molar-refractivity contribution is 0.265. The molecule has 0 saturated heterocycles. The summed E-state index contributed by atoms with van der Waals surface area (Å²) < 4.78 is 16.1. The average molecular weight is 257 g/mol. The van der Waals surface area contributed by atoms with E-state index in [1.54, 1.807) is 30.5 Å². The van der Waals surface area contributed by atoms with Crippen LogP contribution in [0.5, 0.6) is 5.75 Å². The number of ether oxygens (including phenoxy) is 1. The molecule has 0 aliphatic rings. The van der Waals surface area contributed by atoms with Crippen LogP contribution >= 0.6 is 0 Å². The Kier molecular flexibility index (Phi) is 2.89. The second kappa shape index (κ2) is 4.85. The molecule has 2 aromatic heterocycles. The minimum absolute atomic E-state index is 0.155. The highest BCUT2D eigenvalue weighted by molar-refractivity contribution is 5.51. The van der Waals surface area contributed by atoms with E-state index in [0.717, 1.165) is 0 Å². The van der Waals surface area contributed by atoms with Crippen molar-refractivity contribution in [3.63, 3.8) is 0 Å². The van der Waals surface area contributed by atoms with Crippen LogP contribution in [0.15, 0.2) is 51.5 Å². The summed E-state index contributed by atoms with van der Waals surface area (Å²) in [6, 6.07) is 10.7. The summed E-state index contributed by atoms with van der Waals surface area (Å²) >= 11 is 0. The molecule has 2 heterocycles. The molecule has 3 aromatic rings. The van der Waals surface area contributed by atoms with E-state index in [0.29, 0.717) is 29.0 Å². The molecule has 2 N–H and O–H groups in total. The van der Waals surface area contributed by atoms with E-state index in [9.17, 15) is 0 Å². The predicted molar refractivity (Wildman–Crippen MR) is 67.2 cm³/mol. The van der Waals surface area contributed by atoms with Crippen molar-refractivity contribution >= 4 is 5.69 Å². The van der Waals surface area contributed by atoms with Crippen molar-refractivity contribution < 1.29 is 13.6 Å². The van der Waals surface area contributed by atoms with E-state index in [1.807, 2.05) is 12.1 Å². The number of benzene rings is 1. The highest BCUT2D eigenvalue weighted by Crippen LogP contribution is 2.22. The van der Waals surface area contributed by atoms with Crippen molar-refractivity contribution in [2.24, 2.45) is 0 Å². The lowest BCUT2D eigenvalue weighted by Gasteiger charge is -2.05. The molecule has 0 amide bonds. The fourth-order valence-corrected chi connectivity index (χ4v) is 1.56. The minimum Gasteiger partial charge on any atom is -0.482 e. The number of para-hydroxylation sites is 2. The van der Waals surface area contributed by atoms with Gasteiger partial charge in [0.2, 0.25) is 0 Å². The standard InChI is InChI=1S/C13H11N3O3/c14-9-4-1-2-5-10(9)18-8-12-15-16-13(19-12)11-6-3-7-17-11/h1-7H,8,14H2. The molecular weight excluding hydrogens is 246 g/mol. The third-order valence-corrected chi connectivity index (χ3v) is 2.47. The van der Waals surface area contributed by atoms with E-state index in [1.165, 1.54) is 0 Å². The topological polar surface area (TPSA) is 87.3 Å². The molecule has 3 rings (SSSR count). The van der Waals surface area contributed by atoms with Gasteiger partial charge in [0, 0.05) is 0 Å². The number of furan rings is 1. The molecule has 0 saturated carbocycles. The molecule has 0 atom stereocenters. The van der Waals surface area contributed by atoms with Gasteiger partial charge in [0.15, 0.2) is 12.4 Å². The highest BCUT2D eigenvalue weighted by atomic mass is 16.5. The molecule has 19 heavy (non-hydrogen) atoms. The number of rotatable bonds is 4. The molecule has 1 aromatic carbocycles. The number of aromatic nitrogens is 2. The van der Waals surface area contributed by atoms with Gasteiger partial charge < -0.3 is 19.3 Å². The monoisotopic (exact) mass is 257 g/mol. The molecule has 0 aliphatic carbocycles. The van der Waals surface area contributed by atoms with Gasteiger partial charge in [0.05, 0.1) is 12.0 Å². The van der Waals surface area contributed by atoms with Gasteiger partial charge in [-0.05, 0) is 24.3 Å². The van der Waals surface area contributed by atoms with Gasteiger partial charge in [-0.2, -0.15) is 0 Å². The molecule has 0 fully saturated rings. The predicted octanol–water partition coefficient (Wildman–Crippen LogP) is 2.49. The Morgan fingerprint density at radius 3 is 2.79 bits per heavy atom. The van der Waals surface area contributed by atoms with Gasteiger partial charge in [-0.1, -0.05) is 12.1 Å². The van der Waals surface area contributed by atoms with E-state index >= 15 is 0 Å². The summed E-state index contributed by atoms with van der Waals surface area (Å²) in [4.78, 5) is 0. The molecule has 96 valence electrons. The Balaban J connectivity index is 1.70. The Bertz CT molecular complexity index is 661. The van der Waals surface area contributed by atoms with Gasteiger partial charge in [0.1, 0.15) is 5.75 Å². The van der Waals surface area contributed by atoms with E-state index < -0.39 is 0 Å². The molecule has 0 aliphatic heterocycles. The van der Waals surface area contributed by atoms with Crippen LogP contribution < -0.4 is 10.5 Å². The fraction of sp³-hybridized carbons (Fsp3) is 0.0769. The normalized spacial score (nSPS) is 10.5. The zero-order chi connectivity index (χ0) is 13.1. The van der Waals surface area contributed by atoms with Crippen LogP contribution in [0.3, 0.4) is 0 Å². The maximum Gasteiger partial charge on any atom is 0.283 e. The van der Waals surface area contributed by atoms with Crippen molar-refractivity contribution in [3.05, 3.63) is 48.6 Å². The first-order chi connectivity index (χ1) is 9.33. The van der Waals surface area contributed by atoms with Crippen molar-refractivity contribution in [1.82, 2.24) is 10.2 Å². The molecule has 6 nitrogen and oxygen atoms in total. The van der Waals surface area contributed by atoms with E-state index in [2.05, 4.69) is 10.2 Å². The third kappa shape index (κ3) is 2.42. The quantitative estimate of drug-likeness (QED) is 0.722. The van der Waals surface area contributed by atoms with Gasteiger partial charge >= 0.3 is 0 Å². The smallest absolute Gasteiger partial charge is 0.283 e. The maximum atomic E-state index is 5.76. The second-order valence-corrected chi connectivity index (χ2v) is 3.80. The fourth-order valence-electron chi connectivity index (χ4n) is 1.56. The number of nitrogens with two attached hydrogens (primary N) is 1. The summed E-state index contributed by atoms with van der Waals surface area (Å²) in [5, 5.41) is 7.75.